The van der Waals surface area contributed by atoms with Crippen molar-refractivity contribution in [1.82, 2.24) is 0 Å². The summed E-state index contributed by atoms with van der Waals surface area (Å²) >= 11 is 0. The van der Waals surface area contributed by atoms with Crippen molar-refractivity contribution in [3.8, 4) is 5.75 Å². The number of hydrogen-bond donors (Lipinski definition) is 1. The van der Waals surface area contributed by atoms with E-state index in [2.05, 4.69) is 16.0 Å². The van der Waals surface area contributed by atoms with Crippen LogP contribution in [0.25, 0.3) is 0 Å². The summed E-state index contributed by atoms with van der Waals surface area (Å²) in [7, 11) is 0. The van der Waals surface area contributed by atoms with Crippen LogP contribution >= 0.6 is 0 Å². The Morgan fingerprint density at radius 2 is 1.45 bits per heavy atom. The first-order valence-electron chi connectivity index (χ1n) is 6.87. The molecule has 0 amide bonds. The zero-order valence-electron chi connectivity index (χ0n) is 11.5. The number of benzene rings is 2. The summed E-state index contributed by atoms with van der Waals surface area (Å²) in [5, 5.41) is 8.36. The molecule has 4 nitrogen and oxygen atoms in total. The second-order valence-electron chi connectivity index (χ2n) is 4.44. The van der Waals surface area contributed by atoms with Gasteiger partial charge in [0, 0.05) is 0 Å². The van der Waals surface area contributed by atoms with E-state index in [-0.39, 0.29) is 0 Å². The molecule has 0 aromatic heterocycles. The molecule has 0 fully saturated rings. The Morgan fingerprint density at radius 3 is 2.10 bits per heavy atom. The molecule has 0 saturated heterocycles. The Kier molecular flexibility index (Phi) is 5.73. The number of ether oxygens (including phenoxy) is 1. The Bertz CT molecular complexity index is 523. The maximum Gasteiger partial charge on any atom is 0.119 e. The normalized spacial score (nSPS) is 10.8. The first-order chi connectivity index (χ1) is 9.88. The molecular weight excluding hydrogens is 250 g/mol. The van der Waals surface area contributed by atoms with Crippen LogP contribution in [0.4, 0.5) is 11.4 Å². The van der Waals surface area contributed by atoms with E-state index in [0.717, 1.165) is 43.1 Å². The van der Waals surface area contributed by atoms with Gasteiger partial charge in [0.15, 0.2) is 0 Å². The molecule has 0 unspecified atom stereocenters. The van der Waals surface area contributed by atoms with E-state index in [0.29, 0.717) is 0 Å². The molecule has 2 aromatic rings. The fourth-order valence-electron chi connectivity index (χ4n) is 1.69. The van der Waals surface area contributed by atoms with Crippen LogP contribution in [0.3, 0.4) is 0 Å². The van der Waals surface area contributed by atoms with Crippen LogP contribution in [-0.4, -0.2) is 13.2 Å². The molecular formula is C16H20N3O+. The molecule has 0 aliphatic heterocycles. The van der Waals surface area contributed by atoms with E-state index in [4.69, 9.17) is 4.74 Å². The highest BCUT2D eigenvalue weighted by Crippen LogP contribution is 2.21. The summed E-state index contributed by atoms with van der Waals surface area (Å²) in [6.45, 7) is 1.70. The second-order valence-corrected chi connectivity index (χ2v) is 4.44. The highest BCUT2D eigenvalue weighted by Gasteiger charge is 1.95. The van der Waals surface area contributed by atoms with Gasteiger partial charge < -0.3 is 10.5 Å². The van der Waals surface area contributed by atoms with Gasteiger partial charge in [-0.1, -0.05) is 18.2 Å². The van der Waals surface area contributed by atoms with Crippen molar-refractivity contribution < 1.29 is 10.5 Å². The second kappa shape index (κ2) is 8.07. The van der Waals surface area contributed by atoms with E-state index in [1.54, 1.807) is 0 Å². The number of unbranched alkanes of at least 4 members (excludes halogenated alkanes) is 1. The summed E-state index contributed by atoms with van der Waals surface area (Å²) in [5.74, 6) is 0.868. The molecule has 0 spiro atoms. The molecule has 2 aromatic carbocycles. The lowest BCUT2D eigenvalue weighted by Gasteiger charge is -2.04. The van der Waals surface area contributed by atoms with Gasteiger partial charge in [0.2, 0.25) is 0 Å². The summed E-state index contributed by atoms with van der Waals surface area (Å²) in [5.41, 5.74) is 5.48. The molecule has 0 bridgehead atoms. The van der Waals surface area contributed by atoms with E-state index in [1.165, 1.54) is 0 Å². The van der Waals surface area contributed by atoms with Crippen molar-refractivity contribution in [2.75, 3.05) is 13.2 Å². The molecule has 104 valence electrons. The van der Waals surface area contributed by atoms with Gasteiger partial charge in [-0.25, -0.2) is 0 Å². The average molecular weight is 270 g/mol. The largest absolute Gasteiger partial charge is 0.494 e. The minimum absolute atomic E-state index is 0.737. The first-order valence-corrected chi connectivity index (χ1v) is 6.87. The highest BCUT2D eigenvalue weighted by atomic mass is 16.5. The standard InChI is InChI=1S/C16H19N3O/c17-12-4-5-13-20-16-10-8-15(9-11-16)19-18-14-6-2-1-3-7-14/h1-3,6-11H,4-5,12-13,17H2/p+1. The molecule has 0 aliphatic carbocycles. The van der Waals surface area contributed by atoms with Gasteiger partial charge in [-0.3, -0.25) is 0 Å². The summed E-state index contributed by atoms with van der Waals surface area (Å²) < 4.78 is 5.63. The van der Waals surface area contributed by atoms with E-state index in [9.17, 15) is 0 Å². The molecule has 0 saturated carbocycles. The van der Waals surface area contributed by atoms with Crippen LogP contribution in [-0.2, 0) is 0 Å². The van der Waals surface area contributed by atoms with Crippen molar-refractivity contribution in [2.45, 2.75) is 12.8 Å². The third kappa shape index (κ3) is 4.82. The van der Waals surface area contributed by atoms with Crippen molar-refractivity contribution in [3.63, 3.8) is 0 Å². The zero-order valence-corrected chi connectivity index (χ0v) is 11.5. The quantitative estimate of drug-likeness (QED) is 0.607. The van der Waals surface area contributed by atoms with Gasteiger partial charge in [0.25, 0.3) is 0 Å². The Labute approximate surface area is 119 Å². The Hall–Kier alpha value is -2.20. The highest BCUT2D eigenvalue weighted by molar-refractivity contribution is 5.42. The lowest BCUT2D eigenvalue weighted by atomic mass is 10.3. The van der Waals surface area contributed by atoms with Gasteiger partial charge in [0.05, 0.1) is 24.5 Å². The van der Waals surface area contributed by atoms with Crippen molar-refractivity contribution in [3.05, 3.63) is 54.6 Å². The minimum Gasteiger partial charge on any atom is -0.494 e. The number of rotatable bonds is 7. The molecule has 2 rings (SSSR count). The molecule has 4 heteroatoms. The monoisotopic (exact) mass is 270 g/mol. The molecule has 0 atom stereocenters. The maximum absolute atomic E-state index is 5.63. The van der Waals surface area contributed by atoms with Crippen LogP contribution in [0.1, 0.15) is 12.8 Å². The Balaban J connectivity index is 1.87. The average Bonchev–Trinajstić information content (AvgIpc) is 2.52. The van der Waals surface area contributed by atoms with Gasteiger partial charge in [0.1, 0.15) is 5.75 Å². The van der Waals surface area contributed by atoms with Crippen LogP contribution in [0.2, 0.25) is 0 Å². The maximum atomic E-state index is 5.63. The molecule has 0 heterocycles. The SMILES string of the molecule is [NH3+]CCCCOc1ccc(N=Nc2ccccc2)cc1. The van der Waals surface area contributed by atoms with Gasteiger partial charge in [-0.15, -0.1) is 0 Å². The third-order valence-corrected chi connectivity index (χ3v) is 2.79. The van der Waals surface area contributed by atoms with Crippen molar-refractivity contribution >= 4 is 11.4 Å². The molecule has 0 radical (unpaired) electrons. The smallest absolute Gasteiger partial charge is 0.119 e. The van der Waals surface area contributed by atoms with E-state index < -0.39 is 0 Å². The van der Waals surface area contributed by atoms with Crippen LogP contribution in [0, 0.1) is 0 Å². The van der Waals surface area contributed by atoms with Crippen LogP contribution in [0.5, 0.6) is 5.75 Å². The van der Waals surface area contributed by atoms with Gasteiger partial charge in [-0.2, -0.15) is 10.2 Å². The van der Waals surface area contributed by atoms with Crippen molar-refractivity contribution in [2.24, 2.45) is 10.2 Å². The number of quaternary nitrogens is 1. The lowest BCUT2D eigenvalue weighted by Crippen LogP contribution is -2.50. The predicted molar refractivity (Wildman–Crippen MR) is 79.5 cm³/mol. The zero-order chi connectivity index (χ0) is 14.0. The molecule has 20 heavy (non-hydrogen) atoms. The topological polar surface area (TPSA) is 61.6 Å². The Morgan fingerprint density at radius 1 is 0.800 bits per heavy atom. The summed E-state index contributed by atoms with van der Waals surface area (Å²) in [4.78, 5) is 0. The lowest BCUT2D eigenvalue weighted by molar-refractivity contribution is -0.368. The van der Waals surface area contributed by atoms with Gasteiger partial charge in [-0.05, 0) is 49.2 Å². The number of nitrogens with zero attached hydrogens (tertiary/aromatic N) is 2. The first kappa shape index (κ1) is 14.2. The summed E-state index contributed by atoms with van der Waals surface area (Å²) in [6.07, 6.45) is 2.14. The minimum atomic E-state index is 0.737. The van der Waals surface area contributed by atoms with E-state index >= 15 is 0 Å². The van der Waals surface area contributed by atoms with Crippen LogP contribution < -0.4 is 10.5 Å². The van der Waals surface area contributed by atoms with Gasteiger partial charge >= 0.3 is 0 Å². The predicted octanol–water partition coefficient (Wildman–Crippen LogP) is 3.50. The van der Waals surface area contributed by atoms with E-state index in [1.807, 2.05) is 54.6 Å². The van der Waals surface area contributed by atoms with Crippen LogP contribution in [0.15, 0.2) is 64.8 Å². The molecule has 3 N–H and O–H groups in total. The third-order valence-electron chi connectivity index (χ3n) is 2.79. The molecule has 0 aliphatic rings. The fraction of sp³-hybridized carbons (Fsp3) is 0.250. The fourth-order valence-corrected chi connectivity index (χ4v) is 1.69. The summed E-state index contributed by atoms with van der Waals surface area (Å²) in [6, 6.07) is 17.3. The van der Waals surface area contributed by atoms with Crippen molar-refractivity contribution in [1.29, 1.82) is 0 Å². The number of hydrogen-bond acceptors (Lipinski definition) is 3. The number of azo groups is 1.